The smallest absolute Gasteiger partial charge is 0.407 e. The number of amides is 1. The summed E-state index contributed by atoms with van der Waals surface area (Å²) in [5.74, 6) is -0.364. The summed E-state index contributed by atoms with van der Waals surface area (Å²) in [6, 6.07) is 1.84. The average Bonchev–Trinajstić information content (AvgIpc) is 3.00. The van der Waals surface area contributed by atoms with Crippen molar-refractivity contribution in [1.29, 1.82) is 0 Å². The van der Waals surface area contributed by atoms with Crippen molar-refractivity contribution in [1.82, 2.24) is 20.3 Å². The number of fused-ring (bicyclic) bond motifs is 2. The highest BCUT2D eigenvalue weighted by Gasteiger charge is 2.45. The molecule has 0 radical (unpaired) electrons. The average molecular weight is 345 g/mol. The number of halogens is 2. The molecule has 2 atom stereocenters. The molecule has 0 saturated carbocycles. The molecule has 1 aromatic heterocycles. The number of piperazine rings is 1. The fourth-order valence-electron chi connectivity index (χ4n) is 2.87. The third kappa shape index (κ3) is 2.38. The third-order valence-corrected chi connectivity index (χ3v) is 4.44. The molecule has 0 spiro atoms. The van der Waals surface area contributed by atoms with E-state index in [-0.39, 0.29) is 22.5 Å². The number of hydrogen-bond donors (Lipinski definition) is 2. The summed E-state index contributed by atoms with van der Waals surface area (Å²) in [5, 5.41) is 11.0. The van der Waals surface area contributed by atoms with E-state index in [1.54, 1.807) is 12.3 Å². The minimum absolute atomic E-state index is 0.0408. The molecule has 6 nitrogen and oxygen atoms in total. The Kier molecular flexibility index (Phi) is 3.61. The van der Waals surface area contributed by atoms with Gasteiger partial charge in [0, 0.05) is 37.4 Å². The van der Waals surface area contributed by atoms with Crippen molar-refractivity contribution in [2.75, 3.05) is 13.1 Å². The van der Waals surface area contributed by atoms with E-state index in [9.17, 15) is 9.18 Å². The third-order valence-electron chi connectivity index (χ3n) is 3.89. The van der Waals surface area contributed by atoms with Gasteiger partial charge in [-0.1, -0.05) is 0 Å². The number of likely N-dealkylation sites (tertiary alicyclic amines) is 1. The van der Waals surface area contributed by atoms with E-state index in [2.05, 4.69) is 26.3 Å². The molecular weight excluding hydrogens is 331 g/mol. The van der Waals surface area contributed by atoms with Crippen molar-refractivity contribution in [3.8, 4) is 0 Å². The number of nitrogens with zero attached hydrogens (tertiary/aromatic N) is 3. The van der Waals surface area contributed by atoms with Crippen molar-refractivity contribution in [3.63, 3.8) is 0 Å². The predicted molar refractivity (Wildman–Crippen MR) is 72.4 cm³/mol. The summed E-state index contributed by atoms with van der Waals surface area (Å²) < 4.78 is 14.0. The number of hydrogen-bond acceptors (Lipinski definition) is 4. The Balaban J connectivity index is 1.59. The molecule has 3 heterocycles. The topological polar surface area (TPSA) is 68.7 Å². The van der Waals surface area contributed by atoms with E-state index in [0.29, 0.717) is 25.2 Å². The van der Waals surface area contributed by atoms with Crippen LogP contribution in [0.3, 0.4) is 0 Å². The molecule has 108 valence electrons. The molecule has 2 aliphatic rings. The number of aromatic nitrogens is 1. The lowest BCUT2D eigenvalue weighted by Gasteiger charge is -2.32. The van der Waals surface area contributed by atoms with Gasteiger partial charge in [0.1, 0.15) is 4.60 Å². The number of hydrazine groups is 1. The molecule has 8 heteroatoms. The van der Waals surface area contributed by atoms with Crippen molar-refractivity contribution >= 4 is 22.0 Å². The Hall–Kier alpha value is -1.25. The Morgan fingerprint density at radius 1 is 1.55 bits per heavy atom. The Labute approximate surface area is 123 Å². The van der Waals surface area contributed by atoms with Gasteiger partial charge in [-0.2, -0.15) is 0 Å². The molecule has 0 aliphatic carbocycles. The van der Waals surface area contributed by atoms with Gasteiger partial charge in [-0.3, -0.25) is 5.43 Å². The van der Waals surface area contributed by atoms with Crippen molar-refractivity contribution in [2.24, 2.45) is 0 Å². The summed E-state index contributed by atoms with van der Waals surface area (Å²) >= 11 is 3.06. The number of carboxylic acid groups (broad SMARTS) is 1. The second-order valence-electron chi connectivity index (χ2n) is 5.04. The van der Waals surface area contributed by atoms with Gasteiger partial charge >= 0.3 is 6.09 Å². The van der Waals surface area contributed by atoms with Crippen LogP contribution in [0.5, 0.6) is 0 Å². The highest BCUT2D eigenvalue weighted by Crippen LogP contribution is 2.29. The van der Waals surface area contributed by atoms with Crippen LogP contribution < -0.4 is 5.43 Å². The Morgan fingerprint density at radius 3 is 3.00 bits per heavy atom. The second kappa shape index (κ2) is 5.27. The summed E-state index contributed by atoms with van der Waals surface area (Å²) in [7, 11) is 0. The minimum atomic E-state index is -0.860. The molecule has 2 bridgehead atoms. The summed E-state index contributed by atoms with van der Waals surface area (Å²) in [5.41, 5.74) is 3.71. The van der Waals surface area contributed by atoms with Crippen molar-refractivity contribution in [3.05, 3.63) is 28.2 Å². The fraction of sp³-hybridized carbons (Fsp3) is 0.500. The molecule has 0 aromatic carbocycles. The zero-order chi connectivity index (χ0) is 14.3. The largest absolute Gasteiger partial charge is 0.465 e. The Morgan fingerprint density at radius 2 is 2.35 bits per heavy atom. The lowest BCUT2D eigenvalue weighted by Crippen LogP contribution is -2.52. The first kappa shape index (κ1) is 13.7. The van der Waals surface area contributed by atoms with Crippen molar-refractivity contribution < 1.29 is 14.3 Å². The van der Waals surface area contributed by atoms with Gasteiger partial charge in [0.15, 0.2) is 5.82 Å². The lowest BCUT2D eigenvalue weighted by molar-refractivity contribution is 0.0757. The van der Waals surface area contributed by atoms with E-state index in [1.807, 2.05) is 5.01 Å². The van der Waals surface area contributed by atoms with Gasteiger partial charge in [-0.25, -0.2) is 19.2 Å². The first-order chi connectivity index (χ1) is 9.56. The monoisotopic (exact) mass is 344 g/mol. The van der Waals surface area contributed by atoms with Gasteiger partial charge < -0.3 is 10.0 Å². The maximum Gasteiger partial charge on any atom is 0.407 e. The van der Waals surface area contributed by atoms with Gasteiger partial charge in [0.25, 0.3) is 0 Å². The zero-order valence-electron chi connectivity index (χ0n) is 10.6. The molecule has 2 saturated heterocycles. The first-order valence-electron chi connectivity index (χ1n) is 6.35. The van der Waals surface area contributed by atoms with E-state index in [1.165, 1.54) is 4.90 Å². The van der Waals surface area contributed by atoms with Crippen LogP contribution in [0.15, 0.2) is 16.9 Å². The van der Waals surface area contributed by atoms with E-state index in [0.717, 1.165) is 6.42 Å². The molecular formula is C12H14BrFN4O2. The standard InChI is InChI=1S/C12H14BrFN4O2/c13-11-10(14)7(1-2-15-11)4-16-18-6-8-3-9(18)5-17(8)12(19)20/h1-2,8-9,16H,3-6H2,(H,19,20)/t8-,9-/m1/s1. The fourth-order valence-corrected chi connectivity index (χ4v) is 3.25. The molecule has 1 aromatic rings. The number of pyridine rings is 1. The van der Waals surface area contributed by atoms with E-state index >= 15 is 0 Å². The van der Waals surface area contributed by atoms with Crippen LogP contribution in [0.2, 0.25) is 0 Å². The summed E-state index contributed by atoms with van der Waals surface area (Å²) in [6.45, 7) is 1.52. The maximum absolute atomic E-state index is 13.8. The molecule has 0 unspecified atom stereocenters. The molecule has 2 aliphatic heterocycles. The molecule has 2 fully saturated rings. The van der Waals surface area contributed by atoms with Crippen LogP contribution in [0.25, 0.3) is 0 Å². The van der Waals surface area contributed by atoms with E-state index in [4.69, 9.17) is 5.11 Å². The van der Waals surface area contributed by atoms with Gasteiger partial charge in [-0.15, -0.1) is 0 Å². The molecule has 2 N–H and O–H groups in total. The van der Waals surface area contributed by atoms with Crippen LogP contribution in [-0.2, 0) is 6.54 Å². The SMILES string of the molecule is O=C(O)N1C[C@H]2C[C@@H]1CN2NCc1ccnc(Br)c1F. The second-order valence-corrected chi connectivity index (χ2v) is 5.79. The normalized spacial score (nSPS) is 25.4. The quantitative estimate of drug-likeness (QED) is 0.811. The van der Waals surface area contributed by atoms with Gasteiger partial charge in [-0.05, 0) is 28.4 Å². The maximum atomic E-state index is 13.8. The number of rotatable bonds is 3. The Bertz CT molecular complexity index is 544. The predicted octanol–water partition coefficient (Wildman–Crippen LogP) is 1.42. The molecule has 1 amide bonds. The number of nitrogens with one attached hydrogen (secondary N) is 1. The lowest BCUT2D eigenvalue weighted by atomic mass is 10.2. The van der Waals surface area contributed by atoms with Gasteiger partial charge in [0.05, 0.1) is 6.04 Å². The molecule has 20 heavy (non-hydrogen) atoms. The first-order valence-corrected chi connectivity index (χ1v) is 7.14. The van der Waals surface area contributed by atoms with Crippen LogP contribution in [0, 0.1) is 5.82 Å². The van der Waals surface area contributed by atoms with Crippen LogP contribution in [0.1, 0.15) is 12.0 Å². The highest BCUT2D eigenvalue weighted by atomic mass is 79.9. The van der Waals surface area contributed by atoms with Crippen LogP contribution in [-0.4, -0.2) is 51.3 Å². The van der Waals surface area contributed by atoms with Crippen molar-refractivity contribution in [2.45, 2.75) is 25.0 Å². The van der Waals surface area contributed by atoms with E-state index < -0.39 is 6.09 Å². The van der Waals surface area contributed by atoms with Crippen LogP contribution >= 0.6 is 15.9 Å². The molecule has 3 rings (SSSR count). The van der Waals surface area contributed by atoms with Crippen LogP contribution in [0.4, 0.5) is 9.18 Å². The van der Waals surface area contributed by atoms with Gasteiger partial charge in [0.2, 0.25) is 0 Å². The minimum Gasteiger partial charge on any atom is -0.465 e. The number of carbonyl (C=O) groups is 1. The zero-order valence-corrected chi connectivity index (χ0v) is 12.2. The highest BCUT2D eigenvalue weighted by molar-refractivity contribution is 9.10. The summed E-state index contributed by atoms with van der Waals surface area (Å²) in [6.07, 6.45) is 1.52. The summed E-state index contributed by atoms with van der Waals surface area (Å²) in [4.78, 5) is 16.3.